The molecule has 3 rings (SSSR count). The van der Waals surface area contributed by atoms with E-state index in [2.05, 4.69) is 15.1 Å². The first-order chi connectivity index (χ1) is 11.9. The molecular weight excluding hydrogens is 322 g/mol. The molecule has 2 aromatic rings. The SMILES string of the molecule is Cc1cc(C)nc(O[C@@H]2CCCN(C(=O)c3ccc(=O)n(C)n3)C2)n1. The standard InChI is InChI=1S/C17H21N5O3/c1-11-9-12(2)19-17(18-11)25-13-5-4-8-22(10-13)16(24)14-6-7-15(23)21(3)20-14/h6-7,9,13H,4-5,8,10H2,1-3H3/t13-/m1/s1. The number of amides is 1. The van der Waals surface area contributed by atoms with E-state index in [0.717, 1.165) is 28.9 Å². The quantitative estimate of drug-likeness (QED) is 0.821. The number of aromatic nitrogens is 4. The Hall–Kier alpha value is -2.77. The highest BCUT2D eigenvalue weighted by Crippen LogP contribution is 2.17. The minimum absolute atomic E-state index is 0.161. The molecule has 0 radical (unpaired) electrons. The second-order valence-corrected chi connectivity index (χ2v) is 6.25. The van der Waals surface area contributed by atoms with Gasteiger partial charge in [-0.2, -0.15) is 5.10 Å². The Morgan fingerprint density at radius 3 is 2.64 bits per heavy atom. The lowest BCUT2D eigenvalue weighted by molar-refractivity contribution is 0.0507. The van der Waals surface area contributed by atoms with E-state index in [1.165, 1.54) is 19.2 Å². The molecule has 1 saturated heterocycles. The zero-order chi connectivity index (χ0) is 18.0. The monoisotopic (exact) mass is 343 g/mol. The van der Waals surface area contributed by atoms with Crippen molar-refractivity contribution in [3.05, 3.63) is 45.6 Å². The van der Waals surface area contributed by atoms with Crippen molar-refractivity contribution in [2.24, 2.45) is 7.05 Å². The Morgan fingerprint density at radius 1 is 1.24 bits per heavy atom. The normalized spacial score (nSPS) is 17.4. The van der Waals surface area contributed by atoms with Gasteiger partial charge in [-0.15, -0.1) is 0 Å². The zero-order valence-electron chi connectivity index (χ0n) is 14.6. The predicted octanol–water partition coefficient (Wildman–Crippen LogP) is 0.871. The van der Waals surface area contributed by atoms with Gasteiger partial charge >= 0.3 is 6.01 Å². The van der Waals surface area contributed by atoms with Gasteiger partial charge in [0.05, 0.1) is 6.54 Å². The van der Waals surface area contributed by atoms with Crippen LogP contribution in [0.4, 0.5) is 0 Å². The minimum atomic E-state index is -0.247. The van der Waals surface area contributed by atoms with E-state index in [-0.39, 0.29) is 23.3 Å². The minimum Gasteiger partial charge on any atom is -0.458 e. The highest BCUT2D eigenvalue weighted by Gasteiger charge is 2.27. The molecule has 0 aromatic carbocycles. The molecule has 2 aromatic heterocycles. The Morgan fingerprint density at radius 2 is 1.96 bits per heavy atom. The first-order valence-electron chi connectivity index (χ1n) is 8.25. The van der Waals surface area contributed by atoms with Gasteiger partial charge in [0.2, 0.25) is 0 Å². The summed E-state index contributed by atoms with van der Waals surface area (Å²) in [4.78, 5) is 34.3. The molecule has 1 fully saturated rings. The van der Waals surface area contributed by atoms with Crippen LogP contribution < -0.4 is 10.3 Å². The van der Waals surface area contributed by atoms with Crippen LogP contribution in [-0.2, 0) is 7.05 Å². The molecule has 0 bridgehead atoms. The van der Waals surface area contributed by atoms with E-state index in [1.54, 1.807) is 4.90 Å². The Kier molecular flexibility index (Phi) is 4.78. The zero-order valence-corrected chi connectivity index (χ0v) is 14.6. The number of ether oxygens (including phenoxy) is 1. The summed E-state index contributed by atoms with van der Waals surface area (Å²) >= 11 is 0. The number of carbonyl (C=O) groups is 1. The van der Waals surface area contributed by atoms with Gasteiger partial charge in [-0.1, -0.05) is 0 Å². The average molecular weight is 343 g/mol. The summed E-state index contributed by atoms with van der Waals surface area (Å²) in [5.41, 5.74) is 1.70. The smallest absolute Gasteiger partial charge is 0.317 e. The van der Waals surface area contributed by atoms with Crippen LogP contribution in [0.2, 0.25) is 0 Å². The molecule has 0 spiro atoms. The third-order valence-corrected chi connectivity index (χ3v) is 4.08. The van der Waals surface area contributed by atoms with Gasteiger partial charge in [-0.3, -0.25) is 9.59 Å². The molecule has 0 N–H and O–H groups in total. The molecule has 0 saturated carbocycles. The maximum atomic E-state index is 12.6. The van der Waals surface area contributed by atoms with Crippen molar-refractivity contribution in [2.75, 3.05) is 13.1 Å². The Labute approximate surface area is 145 Å². The lowest BCUT2D eigenvalue weighted by Crippen LogP contribution is -2.45. The van der Waals surface area contributed by atoms with Gasteiger partial charge in [0, 0.05) is 31.0 Å². The van der Waals surface area contributed by atoms with Crippen LogP contribution in [0, 0.1) is 13.8 Å². The first-order valence-corrected chi connectivity index (χ1v) is 8.25. The van der Waals surface area contributed by atoms with Crippen molar-refractivity contribution in [2.45, 2.75) is 32.8 Å². The predicted molar refractivity (Wildman–Crippen MR) is 90.5 cm³/mol. The van der Waals surface area contributed by atoms with E-state index in [0.29, 0.717) is 19.1 Å². The van der Waals surface area contributed by atoms with Gasteiger partial charge in [-0.25, -0.2) is 14.6 Å². The van der Waals surface area contributed by atoms with Crippen LogP contribution >= 0.6 is 0 Å². The summed E-state index contributed by atoms with van der Waals surface area (Å²) in [6, 6.07) is 5.04. The summed E-state index contributed by atoms with van der Waals surface area (Å²) in [5.74, 6) is -0.203. The van der Waals surface area contributed by atoms with Crippen molar-refractivity contribution in [3.63, 3.8) is 0 Å². The summed E-state index contributed by atoms with van der Waals surface area (Å²) in [6.07, 6.45) is 1.50. The summed E-state index contributed by atoms with van der Waals surface area (Å²) < 4.78 is 7.05. The fraction of sp³-hybridized carbons (Fsp3) is 0.471. The van der Waals surface area contributed by atoms with Crippen molar-refractivity contribution < 1.29 is 9.53 Å². The number of hydrogen-bond acceptors (Lipinski definition) is 6. The highest BCUT2D eigenvalue weighted by atomic mass is 16.5. The number of rotatable bonds is 3. The molecule has 1 aliphatic rings. The molecule has 25 heavy (non-hydrogen) atoms. The number of nitrogens with zero attached hydrogens (tertiary/aromatic N) is 5. The van der Waals surface area contributed by atoms with Crippen LogP contribution in [0.5, 0.6) is 6.01 Å². The molecule has 0 unspecified atom stereocenters. The topological polar surface area (TPSA) is 90.2 Å². The second-order valence-electron chi connectivity index (χ2n) is 6.25. The van der Waals surface area contributed by atoms with Gasteiger partial charge in [0.25, 0.3) is 11.5 Å². The third kappa shape index (κ3) is 4.01. The number of carbonyl (C=O) groups excluding carboxylic acids is 1. The fourth-order valence-electron chi connectivity index (χ4n) is 2.89. The Bertz CT molecular complexity index is 828. The molecule has 8 nitrogen and oxygen atoms in total. The third-order valence-electron chi connectivity index (χ3n) is 4.08. The molecule has 0 aliphatic carbocycles. The van der Waals surface area contributed by atoms with Crippen LogP contribution in [0.15, 0.2) is 23.0 Å². The first kappa shape index (κ1) is 17.1. The van der Waals surface area contributed by atoms with E-state index < -0.39 is 0 Å². The highest BCUT2D eigenvalue weighted by molar-refractivity contribution is 5.92. The van der Waals surface area contributed by atoms with Crippen LogP contribution in [0.1, 0.15) is 34.7 Å². The second kappa shape index (κ2) is 7.00. The lowest BCUT2D eigenvalue weighted by atomic mass is 10.1. The molecule has 1 aliphatic heterocycles. The molecule has 8 heteroatoms. The Balaban J connectivity index is 1.70. The number of aryl methyl sites for hydroxylation is 3. The summed E-state index contributed by atoms with van der Waals surface area (Å²) in [5, 5.41) is 4.03. The van der Waals surface area contributed by atoms with Crippen molar-refractivity contribution in [1.29, 1.82) is 0 Å². The molecule has 1 amide bonds. The van der Waals surface area contributed by atoms with Gasteiger partial charge < -0.3 is 9.64 Å². The van der Waals surface area contributed by atoms with Crippen molar-refractivity contribution in [1.82, 2.24) is 24.6 Å². The van der Waals surface area contributed by atoms with Crippen molar-refractivity contribution in [3.8, 4) is 6.01 Å². The van der Waals surface area contributed by atoms with Gasteiger partial charge in [0.15, 0.2) is 0 Å². The van der Waals surface area contributed by atoms with E-state index in [9.17, 15) is 9.59 Å². The maximum Gasteiger partial charge on any atom is 0.317 e. The number of hydrogen-bond donors (Lipinski definition) is 0. The van der Waals surface area contributed by atoms with Crippen molar-refractivity contribution >= 4 is 5.91 Å². The van der Waals surface area contributed by atoms with E-state index in [4.69, 9.17) is 4.74 Å². The van der Waals surface area contributed by atoms with Crippen LogP contribution in [0.25, 0.3) is 0 Å². The van der Waals surface area contributed by atoms with E-state index in [1.807, 2.05) is 19.9 Å². The summed E-state index contributed by atoms with van der Waals surface area (Å²) in [6.45, 7) is 4.86. The molecular formula is C17H21N5O3. The summed E-state index contributed by atoms with van der Waals surface area (Å²) in [7, 11) is 1.53. The largest absolute Gasteiger partial charge is 0.458 e. The number of piperidine rings is 1. The van der Waals surface area contributed by atoms with Crippen LogP contribution in [-0.4, -0.2) is 49.7 Å². The maximum absolute atomic E-state index is 12.6. The van der Waals surface area contributed by atoms with Gasteiger partial charge in [0.1, 0.15) is 11.8 Å². The average Bonchev–Trinajstić information content (AvgIpc) is 2.56. The van der Waals surface area contributed by atoms with Gasteiger partial charge in [-0.05, 0) is 38.8 Å². The molecule has 132 valence electrons. The van der Waals surface area contributed by atoms with Crippen LogP contribution in [0.3, 0.4) is 0 Å². The lowest BCUT2D eigenvalue weighted by Gasteiger charge is -2.32. The van der Waals surface area contributed by atoms with E-state index >= 15 is 0 Å². The molecule has 3 heterocycles. The molecule has 1 atom stereocenters. The number of likely N-dealkylation sites (tertiary alicyclic amines) is 1. The fourth-order valence-corrected chi connectivity index (χ4v) is 2.89.